The van der Waals surface area contributed by atoms with E-state index in [-0.39, 0.29) is 5.97 Å². The molecule has 2 aromatic carbocycles. The molecule has 1 fully saturated rings. The van der Waals surface area contributed by atoms with Gasteiger partial charge in [-0.2, -0.15) is 0 Å². The van der Waals surface area contributed by atoms with E-state index >= 15 is 0 Å². The molecule has 0 bridgehead atoms. The van der Waals surface area contributed by atoms with Crippen LogP contribution in [0.2, 0.25) is 0 Å². The van der Waals surface area contributed by atoms with Crippen molar-refractivity contribution in [1.82, 2.24) is 4.90 Å². The lowest BCUT2D eigenvalue weighted by Gasteiger charge is -2.25. The first-order valence-corrected chi connectivity index (χ1v) is 8.40. The van der Waals surface area contributed by atoms with Crippen LogP contribution in [0.25, 0.3) is 6.08 Å². The van der Waals surface area contributed by atoms with Crippen LogP contribution in [-0.4, -0.2) is 24.5 Å². The number of benzene rings is 2. The minimum atomic E-state index is -0.330. The van der Waals surface area contributed by atoms with Crippen molar-refractivity contribution < 1.29 is 9.53 Å². The van der Waals surface area contributed by atoms with Crippen LogP contribution in [0.5, 0.6) is 0 Å². The molecule has 1 heterocycles. The van der Waals surface area contributed by atoms with Gasteiger partial charge in [0.05, 0.1) is 7.11 Å². The van der Waals surface area contributed by atoms with Crippen LogP contribution in [-0.2, 0) is 16.1 Å². The Hall–Kier alpha value is -2.39. The van der Waals surface area contributed by atoms with Crippen molar-refractivity contribution in [1.29, 1.82) is 0 Å². The van der Waals surface area contributed by atoms with Crippen LogP contribution in [0, 0.1) is 0 Å². The summed E-state index contributed by atoms with van der Waals surface area (Å²) in [6, 6.07) is 19.6. The predicted molar refractivity (Wildman–Crippen MR) is 96.3 cm³/mol. The molecule has 0 aromatic heterocycles. The normalized spacial score (nSPS) is 18.1. The maximum atomic E-state index is 11.2. The molecule has 3 nitrogen and oxygen atoms in total. The molecule has 0 N–H and O–H groups in total. The molecular weight excluding hydrogens is 298 g/mol. The van der Waals surface area contributed by atoms with Gasteiger partial charge in [0.15, 0.2) is 0 Å². The largest absolute Gasteiger partial charge is 0.466 e. The van der Waals surface area contributed by atoms with Gasteiger partial charge in [0.2, 0.25) is 0 Å². The molecule has 24 heavy (non-hydrogen) atoms. The summed E-state index contributed by atoms with van der Waals surface area (Å²) >= 11 is 0. The second kappa shape index (κ2) is 7.93. The van der Waals surface area contributed by atoms with Gasteiger partial charge < -0.3 is 4.74 Å². The summed E-state index contributed by atoms with van der Waals surface area (Å²) in [7, 11) is 1.39. The highest BCUT2D eigenvalue weighted by atomic mass is 16.5. The van der Waals surface area contributed by atoms with Crippen LogP contribution in [0.1, 0.15) is 35.6 Å². The zero-order valence-electron chi connectivity index (χ0n) is 14.0. The molecule has 124 valence electrons. The van der Waals surface area contributed by atoms with Crippen molar-refractivity contribution in [2.45, 2.75) is 25.4 Å². The monoisotopic (exact) mass is 321 g/mol. The van der Waals surface area contributed by atoms with Gasteiger partial charge in [0.25, 0.3) is 0 Å². The zero-order chi connectivity index (χ0) is 16.8. The third-order valence-corrected chi connectivity index (χ3v) is 4.53. The first kappa shape index (κ1) is 16.5. The number of likely N-dealkylation sites (tertiary alicyclic amines) is 1. The number of rotatable bonds is 5. The van der Waals surface area contributed by atoms with Crippen molar-refractivity contribution >= 4 is 12.0 Å². The molecular formula is C21H23NO2. The maximum Gasteiger partial charge on any atom is 0.330 e. The highest BCUT2D eigenvalue weighted by molar-refractivity contribution is 5.86. The Balaban J connectivity index is 1.68. The smallest absolute Gasteiger partial charge is 0.330 e. The predicted octanol–water partition coefficient (Wildman–Crippen LogP) is 4.21. The van der Waals surface area contributed by atoms with E-state index in [0.29, 0.717) is 6.04 Å². The number of nitrogens with zero attached hydrogens (tertiary/aromatic N) is 1. The van der Waals surface area contributed by atoms with Gasteiger partial charge in [-0.15, -0.1) is 0 Å². The van der Waals surface area contributed by atoms with E-state index in [0.717, 1.165) is 18.7 Å². The summed E-state index contributed by atoms with van der Waals surface area (Å²) < 4.78 is 4.62. The van der Waals surface area contributed by atoms with Crippen molar-refractivity contribution in [2.75, 3.05) is 13.7 Å². The number of ether oxygens (including phenoxy) is 1. The number of methoxy groups -OCH3 is 1. The summed E-state index contributed by atoms with van der Waals surface area (Å²) in [6.45, 7) is 2.14. The molecule has 0 radical (unpaired) electrons. The Labute approximate surface area is 143 Å². The van der Waals surface area contributed by atoms with E-state index in [1.54, 1.807) is 6.08 Å². The third-order valence-electron chi connectivity index (χ3n) is 4.53. The Bertz CT molecular complexity index is 692. The molecule has 1 aliphatic rings. The Morgan fingerprint density at radius 1 is 1.17 bits per heavy atom. The topological polar surface area (TPSA) is 29.5 Å². The molecule has 3 heteroatoms. The van der Waals surface area contributed by atoms with Crippen molar-refractivity contribution in [3.05, 3.63) is 77.4 Å². The van der Waals surface area contributed by atoms with Crippen LogP contribution >= 0.6 is 0 Å². The molecule has 0 saturated carbocycles. The fourth-order valence-corrected chi connectivity index (χ4v) is 3.27. The van der Waals surface area contributed by atoms with Crippen LogP contribution in [0.15, 0.2) is 60.7 Å². The van der Waals surface area contributed by atoms with Gasteiger partial charge in [-0.05, 0) is 42.2 Å². The lowest BCUT2D eigenvalue weighted by Crippen LogP contribution is -2.22. The minimum absolute atomic E-state index is 0.330. The third kappa shape index (κ3) is 4.12. The molecule has 0 aliphatic carbocycles. The van der Waals surface area contributed by atoms with Crippen molar-refractivity contribution in [3.63, 3.8) is 0 Å². The lowest BCUT2D eigenvalue weighted by molar-refractivity contribution is -0.134. The second-order valence-corrected chi connectivity index (χ2v) is 6.14. The molecule has 0 spiro atoms. The fraction of sp³-hybridized carbons (Fsp3) is 0.286. The van der Waals surface area contributed by atoms with Crippen LogP contribution in [0.4, 0.5) is 0 Å². The Morgan fingerprint density at radius 3 is 2.62 bits per heavy atom. The zero-order valence-corrected chi connectivity index (χ0v) is 14.0. The van der Waals surface area contributed by atoms with Crippen molar-refractivity contribution in [2.24, 2.45) is 0 Å². The number of hydrogen-bond donors (Lipinski definition) is 0. The molecule has 0 unspecified atom stereocenters. The fourth-order valence-electron chi connectivity index (χ4n) is 3.27. The molecule has 3 rings (SSSR count). The maximum absolute atomic E-state index is 11.2. The van der Waals surface area contributed by atoms with E-state index in [4.69, 9.17) is 0 Å². The number of hydrogen-bond acceptors (Lipinski definition) is 3. The van der Waals surface area contributed by atoms with E-state index < -0.39 is 0 Å². The standard InChI is InChI=1S/C21H23NO2/c1-24-21(23)14-11-17-9-12-19(13-10-17)20-8-5-15-22(20)16-18-6-3-2-4-7-18/h2-4,6-7,9-14,20H,5,8,15-16H2,1H3/t20-/m0/s1. The Kier molecular flexibility index (Phi) is 5.44. The first-order chi connectivity index (χ1) is 11.8. The van der Waals surface area contributed by atoms with E-state index in [1.165, 1.54) is 37.2 Å². The van der Waals surface area contributed by atoms with E-state index in [2.05, 4.69) is 64.2 Å². The Morgan fingerprint density at radius 2 is 1.92 bits per heavy atom. The highest BCUT2D eigenvalue weighted by Crippen LogP contribution is 2.33. The first-order valence-electron chi connectivity index (χ1n) is 8.40. The quantitative estimate of drug-likeness (QED) is 0.610. The molecule has 1 atom stereocenters. The summed E-state index contributed by atoms with van der Waals surface area (Å²) in [6.07, 6.45) is 5.67. The average molecular weight is 321 g/mol. The lowest BCUT2D eigenvalue weighted by atomic mass is 10.0. The summed E-state index contributed by atoms with van der Waals surface area (Å²) in [5, 5.41) is 0. The van der Waals surface area contributed by atoms with Crippen LogP contribution in [0.3, 0.4) is 0 Å². The SMILES string of the molecule is COC(=O)C=Cc1ccc([C@@H]2CCCN2Cc2ccccc2)cc1. The summed E-state index contributed by atoms with van der Waals surface area (Å²) in [5.74, 6) is -0.330. The van der Waals surface area contributed by atoms with Gasteiger partial charge in [0.1, 0.15) is 0 Å². The molecule has 1 aliphatic heterocycles. The van der Waals surface area contributed by atoms with Crippen molar-refractivity contribution in [3.8, 4) is 0 Å². The molecule has 0 amide bonds. The summed E-state index contributed by atoms with van der Waals surface area (Å²) in [5.41, 5.74) is 3.72. The van der Waals surface area contributed by atoms with Gasteiger partial charge in [0, 0.05) is 18.7 Å². The number of carbonyl (C=O) groups excluding carboxylic acids is 1. The molecule has 2 aromatic rings. The van der Waals surface area contributed by atoms with Gasteiger partial charge in [-0.3, -0.25) is 4.90 Å². The molecule has 1 saturated heterocycles. The second-order valence-electron chi connectivity index (χ2n) is 6.14. The van der Waals surface area contributed by atoms with Gasteiger partial charge in [-0.25, -0.2) is 4.79 Å². The van der Waals surface area contributed by atoms with Gasteiger partial charge >= 0.3 is 5.97 Å². The number of carbonyl (C=O) groups is 1. The summed E-state index contributed by atoms with van der Waals surface area (Å²) in [4.78, 5) is 13.7. The van der Waals surface area contributed by atoms with E-state index in [9.17, 15) is 4.79 Å². The minimum Gasteiger partial charge on any atom is -0.466 e. The highest BCUT2D eigenvalue weighted by Gasteiger charge is 2.25. The van der Waals surface area contributed by atoms with Crippen LogP contribution < -0.4 is 0 Å². The average Bonchev–Trinajstić information content (AvgIpc) is 3.09. The number of esters is 1. The van der Waals surface area contributed by atoms with E-state index in [1.807, 2.05) is 0 Å². The van der Waals surface area contributed by atoms with Gasteiger partial charge in [-0.1, -0.05) is 54.6 Å².